The molecule has 0 aromatic carbocycles. The number of nitrogens with zero attached hydrogens (tertiary/aromatic N) is 4. The number of aliphatic hydroxyl groups is 2. The van der Waals surface area contributed by atoms with Crippen LogP contribution in [0.5, 0.6) is 0 Å². The third kappa shape index (κ3) is 18.3. The van der Waals surface area contributed by atoms with Crippen LogP contribution in [-0.4, -0.2) is 144 Å². The summed E-state index contributed by atoms with van der Waals surface area (Å²) in [6.07, 6.45) is -1.37. The summed E-state index contributed by atoms with van der Waals surface area (Å²) in [6, 6.07) is -1.16. The van der Waals surface area contributed by atoms with Gasteiger partial charge in [-0.25, -0.2) is 0 Å². The fraction of sp³-hybridized carbons (Fsp3) is 0.810. The minimum absolute atomic E-state index is 0. The van der Waals surface area contributed by atoms with Gasteiger partial charge in [0.15, 0.2) is 0 Å². The van der Waals surface area contributed by atoms with Gasteiger partial charge in [0.2, 0.25) is 0 Å². The van der Waals surface area contributed by atoms with Crippen LogP contribution in [0.2, 0.25) is 0 Å². The molecule has 1 rings (SSSR count). The largest absolute Gasteiger partial charge is 3.00 e. The molecular formula is C21H34Gd2N4O10+2. The molecule has 0 aromatic rings. The molecule has 16 heteroatoms. The van der Waals surface area contributed by atoms with Crippen molar-refractivity contribution in [1.82, 2.24) is 19.6 Å². The molecule has 2 unspecified atom stereocenters. The molecule has 2 N–H and O–H groups in total. The molecule has 14 nitrogen and oxygen atoms in total. The number of hydrogen-bond donors (Lipinski definition) is 2. The van der Waals surface area contributed by atoms with Gasteiger partial charge in [-0.05, 0) is 19.3 Å². The van der Waals surface area contributed by atoms with Gasteiger partial charge in [-0.15, -0.1) is 0 Å². The third-order valence-electron chi connectivity index (χ3n) is 5.83. The van der Waals surface area contributed by atoms with Crippen molar-refractivity contribution in [2.45, 2.75) is 31.4 Å². The van der Waals surface area contributed by atoms with E-state index in [1.807, 2.05) is 0 Å². The number of carboxylic acids is 4. The van der Waals surface area contributed by atoms with E-state index in [9.17, 15) is 44.7 Å². The van der Waals surface area contributed by atoms with Gasteiger partial charge in [0.1, 0.15) is 0 Å². The molecule has 0 aromatic heterocycles. The number of aliphatic carboxylic acids is 4. The summed E-state index contributed by atoms with van der Waals surface area (Å²) in [5, 5.41) is 64.0. The normalized spacial score (nSPS) is 18.8. The number of carbonyl (C=O) groups is 4. The smallest absolute Gasteiger partial charge is 0.550 e. The quantitative estimate of drug-likeness (QED) is 0.177. The first-order chi connectivity index (χ1) is 16.5. The van der Waals surface area contributed by atoms with Gasteiger partial charge in [-0.2, -0.15) is 0 Å². The number of hydrogen-bond acceptors (Lipinski definition) is 14. The Balaban J connectivity index is 0. The average Bonchev–Trinajstić information content (AvgIpc) is 2.76. The van der Waals surface area contributed by atoms with E-state index in [4.69, 9.17) is 5.11 Å². The summed E-state index contributed by atoms with van der Waals surface area (Å²) >= 11 is 0. The first-order valence-electron chi connectivity index (χ1n) is 11.5. The molecule has 1 aliphatic heterocycles. The van der Waals surface area contributed by atoms with E-state index in [0.29, 0.717) is 13.1 Å². The molecule has 1 aliphatic rings. The van der Waals surface area contributed by atoms with Gasteiger partial charge in [0.05, 0.1) is 30.6 Å². The van der Waals surface area contributed by atoms with E-state index in [-0.39, 0.29) is 145 Å². The SMILES string of the molecule is O=C([O-])CCCC(C(=O)[O-])N1CCN(CC(=O)[O-])CCN(CC(O)CO)CCN(CC(=O)[O-])CC1.[Gd+3].[Gd+3]. The van der Waals surface area contributed by atoms with Crippen molar-refractivity contribution in [1.29, 1.82) is 0 Å². The van der Waals surface area contributed by atoms with Gasteiger partial charge >= 0.3 is 79.9 Å². The summed E-state index contributed by atoms with van der Waals surface area (Å²) < 4.78 is 0. The molecule has 1 fully saturated rings. The van der Waals surface area contributed by atoms with Crippen molar-refractivity contribution in [2.75, 3.05) is 78.6 Å². The Morgan fingerprint density at radius 1 is 0.703 bits per heavy atom. The molecule has 0 aliphatic carbocycles. The van der Waals surface area contributed by atoms with Crippen molar-refractivity contribution in [2.24, 2.45) is 0 Å². The molecule has 0 saturated carbocycles. The maximum Gasteiger partial charge on any atom is 3.00 e. The molecule has 0 bridgehead atoms. The van der Waals surface area contributed by atoms with Crippen LogP contribution in [0.15, 0.2) is 0 Å². The Kier molecular flexibility index (Phi) is 23.5. The van der Waals surface area contributed by atoms with Crippen LogP contribution in [0.3, 0.4) is 0 Å². The molecule has 212 valence electrons. The molecule has 2 atom stereocenters. The van der Waals surface area contributed by atoms with Crippen molar-refractivity contribution in [3.63, 3.8) is 0 Å². The summed E-state index contributed by atoms with van der Waals surface area (Å²) in [5.41, 5.74) is 0. The van der Waals surface area contributed by atoms with Crippen LogP contribution in [0.1, 0.15) is 19.3 Å². The van der Waals surface area contributed by atoms with Gasteiger partial charge in [-0.3, -0.25) is 19.6 Å². The Morgan fingerprint density at radius 2 is 1.14 bits per heavy atom. The second-order valence-corrected chi connectivity index (χ2v) is 8.57. The van der Waals surface area contributed by atoms with Gasteiger partial charge in [0.25, 0.3) is 0 Å². The summed E-state index contributed by atoms with van der Waals surface area (Å²) in [5.74, 6) is -5.38. The van der Waals surface area contributed by atoms with Crippen LogP contribution in [0.25, 0.3) is 0 Å². The Morgan fingerprint density at radius 3 is 1.51 bits per heavy atom. The van der Waals surface area contributed by atoms with Gasteiger partial charge < -0.3 is 49.8 Å². The number of β-amino-alcohol motifs (C(OH)–C–C–N with tert-alkyl or cyclic N) is 1. The monoisotopic (exact) mass is 818 g/mol. The second kappa shape index (κ2) is 22.0. The van der Waals surface area contributed by atoms with Crippen LogP contribution in [-0.2, 0) is 19.2 Å². The zero-order valence-electron chi connectivity index (χ0n) is 20.4. The first kappa shape index (κ1) is 39.4. The summed E-state index contributed by atoms with van der Waals surface area (Å²) in [7, 11) is 0. The molecule has 37 heavy (non-hydrogen) atoms. The maximum absolute atomic E-state index is 11.8. The second-order valence-electron chi connectivity index (χ2n) is 8.57. The number of rotatable bonds is 13. The Labute approximate surface area is 280 Å². The van der Waals surface area contributed by atoms with Crippen molar-refractivity contribution in [3.05, 3.63) is 0 Å². The molecular weight excluding hydrogens is 783 g/mol. The summed E-state index contributed by atoms with van der Waals surface area (Å²) in [6.45, 7) is 0.269. The minimum Gasteiger partial charge on any atom is -0.550 e. The van der Waals surface area contributed by atoms with Crippen molar-refractivity contribution < 1.29 is 130 Å². The molecule has 1 saturated heterocycles. The van der Waals surface area contributed by atoms with E-state index >= 15 is 0 Å². The van der Waals surface area contributed by atoms with E-state index in [1.165, 1.54) is 4.90 Å². The predicted molar refractivity (Wildman–Crippen MR) is 112 cm³/mol. The van der Waals surface area contributed by atoms with Crippen LogP contribution < -0.4 is 20.4 Å². The fourth-order valence-electron chi connectivity index (χ4n) is 3.97. The standard InChI is InChI=1S/C21H38N4O10.2Gd/c26-15-16(27)12-22-4-6-23(13-19(30)31)8-10-25(11-9-24(7-5-22)14-20(32)33)17(21(34)35)2-1-3-18(28)29;;/h16-17,26-27H,1-15H2,(H,28,29)(H,30,31)(H,32,33)(H,34,35);;/q;2*+3/p-4. The van der Waals surface area contributed by atoms with E-state index in [0.717, 1.165) is 0 Å². The van der Waals surface area contributed by atoms with Crippen molar-refractivity contribution in [3.8, 4) is 0 Å². The van der Waals surface area contributed by atoms with E-state index < -0.39 is 55.7 Å². The van der Waals surface area contributed by atoms with Gasteiger partial charge in [0, 0.05) is 84.0 Å². The third-order valence-corrected chi connectivity index (χ3v) is 5.83. The maximum atomic E-state index is 11.8. The zero-order valence-corrected chi connectivity index (χ0v) is 25.0. The fourth-order valence-corrected chi connectivity index (χ4v) is 3.97. The van der Waals surface area contributed by atoms with E-state index in [2.05, 4.69) is 0 Å². The number of carbonyl (C=O) groups excluding carboxylic acids is 4. The van der Waals surface area contributed by atoms with Crippen LogP contribution in [0.4, 0.5) is 0 Å². The summed E-state index contributed by atoms with van der Waals surface area (Å²) in [4.78, 5) is 51.4. The molecule has 1 heterocycles. The van der Waals surface area contributed by atoms with E-state index in [1.54, 1.807) is 14.7 Å². The number of aliphatic hydroxyl groups excluding tert-OH is 2. The van der Waals surface area contributed by atoms with Crippen LogP contribution in [0, 0.1) is 79.9 Å². The molecule has 2 radical (unpaired) electrons. The molecule has 0 spiro atoms. The number of carboxylic acid groups (broad SMARTS) is 4. The Hall–Kier alpha value is 0.289. The molecule has 0 amide bonds. The zero-order chi connectivity index (χ0) is 26.4. The van der Waals surface area contributed by atoms with Gasteiger partial charge in [-0.1, -0.05) is 0 Å². The van der Waals surface area contributed by atoms with Crippen LogP contribution >= 0.6 is 0 Å². The minimum atomic E-state index is -1.42. The topological polar surface area (TPSA) is 214 Å². The first-order valence-corrected chi connectivity index (χ1v) is 11.5. The average molecular weight is 817 g/mol. The predicted octanol–water partition coefficient (Wildman–Crippen LogP) is -7.90. The Bertz CT molecular complexity index is 674. The van der Waals surface area contributed by atoms with Crippen molar-refractivity contribution >= 4 is 23.9 Å².